The van der Waals surface area contributed by atoms with Gasteiger partial charge in [0.15, 0.2) is 0 Å². The monoisotopic (exact) mass is 566 g/mol. The van der Waals surface area contributed by atoms with Crippen molar-refractivity contribution in [2.75, 3.05) is 36.6 Å². The Morgan fingerprint density at radius 2 is 1.26 bits per heavy atom. The van der Waals surface area contributed by atoms with Crippen LogP contribution in [-0.4, -0.2) is 36.7 Å². The van der Waals surface area contributed by atoms with Crippen LogP contribution >= 0.6 is 0 Å². The lowest BCUT2D eigenvalue weighted by molar-refractivity contribution is 0.481. The Balaban J connectivity index is 1.14. The standard InChI is InChI=1S/C37H34N4O2/c1-39-19-20-41(27-39)32-24-31(40-17-5-6-18-40)25-36(26-32)43-35-14-8-10-30(22-35)37-23-29(15-16-38-37)28-9-7-13-34(21-28)42-33-11-3-2-4-12-33/h2-4,7-16,19-26H,5-6,17-18,27H2,1H3. The van der Waals surface area contributed by atoms with Gasteiger partial charge >= 0.3 is 0 Å². The number of rotatable bonds is 8. The topological polar surface area (TPSA) is 41.1 Å². The zero-order valence-electron chi connectivity index (χ0n) is 24.3. The molecule has 0 aliphatic carbocycles. The van der Waals surface area contributed by atoms with Gasteiger partial charge in [-0.05, 0) is 78.6 Å². The first-order valence-electron chi connectivity index (χ1n) is 14.8. The van der Waals surface area contributed by atoms with Crippen molar-refractivity contribution in [3.05, 3.63) is 128 Å². The van der Waals surface area contributed by atoms with Gasteiger partial charge in [0, 0.05) is 67.8 Å². The van der Waals surface area contributed by atoms with E-state index >= 15 is 0 Å². The summed E-state index contributed by atoms with van der Waals surface area (Å²) in [6.45, 7) is 2.98. The highest BCUT2D eigenvalue weighted by atomic mass is 16.5. The van der Waals surface area contributed by atoms with E-state index in [1.165, 1.54) is 18.5 Å². The summed E-state index contributed by atoms with van der Waals surface area (Å²) < 4.78 is 12.6. The van der Waals surface area contributed by atoms with Crippen LogP contribution in [0.2, 0.25) is 0 Å². The first-order chi connectivity index (χ1) is 21.2. The molecule has 0 unspecified atom stereocenters. The van der Waals surface area contributed by atoms with E-state index in [-0.39, 0.29) is 0 Å². The van der Waals surface area contributed by atoms with Crippen LogP contribution in [0.3, 0.4) is 0 Å². The van der Waals surface area contributed by atoms with E-state index in [1.807, 2.05) is 66.9 Å². The Bertz CT molecular complexity index is 1750. The minimum atomic E-state index is 0.779. The van der Waals surface area contributed by atoms with Crippen LogP contribution in [-0.2, 0) is 0 Å². The van der Waals surface area contributed by atoms with Crippen molar-refractivity contribution in [1.82, 2.24) is 9.88 Å². The average molecular weight is 567 g/mol. The highest BCUT2D eigenvalue weighted by Gasteiger charge is 2.18. The summed E-state index contributed by atoms with van der Waals surface area (Å²) >= 11 is 0. The number of hydrogen-bond donors (Lipinski definition) is 0. The summed E-state index contributed by atoms with van der Waals surface area (Å²) in [6.07, 6.45) is 8.53. The van der Waals surface area contributed by atoms with E-state index in [2.05, 4.69) is 82.7 Å². The number of anilines is 2. The molecule has 2 aliphatic heterocycles. The van der Waals surface area contributed by atoms with Crippen LogP contribution in [0.1, 0.15) is 12.8 Å². The summed E-state index contributed by atoms with van der Waals surface area (Å²) in [4.78, 5) is 11.6. The number of benzene rings is 4. The maximum absolute atomic E-state index is 6.52. The first-order valence-corrected chi connectivity index (χ1v) is 14.8. The van der Waals surface area contributed by atoms with Crippen molar-refractivity contribution in [1.29, 1.82) is 0 Å². The molecular weight excluding hydrogens is 532 g/mol. The molecule has 4 aromatic carbocycles. The molecule has 1 aromatic heterocycles. The second-order valence-corrected chi connectivity index (χ2v) is 11.0. The third kappa shape index (κ3) is 6.19. The van der Waals surface area contributed by atoms with Gasteiger partial charge in [-0.3, -0.25) is 4.98 Å². The SMILES string of the molecule is CN1C=CN(c2cc(Oc3cccc(-c4cc(-c5cccc(Oc6ccccc6)c5)ccn4)c3)cc(N3CCCC3)c2)C1. The van der Waals surface area contributed by atoms with E-state index in [0.29, 0.717) is 0 Å². The minimum Gasteiger partial charge on any atom is -0.457 e. The molecule has 0 bridgehead atoms. The third-order valence-electron chi connectivity index (χ3n) is 7.83. The van der Waals surface area contributed by atoms with Gasteiger partial charge in [-0.15, -0.1) is 0 Å². The summed E-state index contributed by atoms with van der Waals surface area (Å²) in [5.74, 6) is 3.22. The van der Waals surface area contributed by atoms with Gasteiger partial charge in [-0.25, -0.2) is 0 Å². The van der Waals surface area contributed by atoms with Gasteiger partial charge in [-0.2, -0.15) is 0 Å². The highest BCUT2D eigenvalue weighted by molar-refractivity contribution is 5.72. The van der Waals surface area contributed by atoms with Crippen LogP contribution in [0.5, 0.6) is 23.0 Å². The van der Waals surface area contributed by atoms with E-state index < -0.39 is 0 Å². The lowest BCUT2D eigenvalue weighted by Gasteiger charge is -2.24. The zero-order chi connectivity index (χ0) is 29.0. The van der Waals surface area contributed by atoms with E-state index in [0.717, 1.165) is 70.8 Å². The first kappa shape index (κ1) is 26.7. The Kier molecular flexibility index (Phi) is 7.40. The second kappa shape index (κ2) is 11.9. The highest BCUT2D eigenvalue weighted by Crippen LogP contribution is 2.36. The smallest absolute Gasteiger partial charge is 0.131 e. The second-order valence-electron chi connectivity index (χ2n) is 11.0. The number of hydrogen-bond acceptors (Lipinski definition) is 6. The van der Waals surface area contributed by atoms with Crippen LogP contribution in [0, 0.1) is 0 Å². The van der Waals surface area contributed by atoms with Gasteiger partial charge in [0.05, 0.1) is 12.4 Å². The van der Waals surface area contributed by atoms with Crippen LogP contribution in [0.15, 0.2) is 128 Å². The molecule has 0 atom stereocenters. The lowest BCUT2D eigenvalue weighted by Crippen LogP contribution is -2.22. The minimum absolute atomic E-state index is 0.779. The molecule has 0 radical (unpaired) electrons. The molecule has 7 rings (SSSR count). The Hall–Kier alpha value is -5.23. The van der Waals surface area contributed by atoms with Crippen molar-refractivity contribution in [2.24, 2.45) is 0 Å². The van der Waals surface area contributed by atoms with Crippen LogP contribution < -0.4 is 19.3 Å². The summed E-state index contributed by atoms with van der Waals surface area (Å²) in [5, 5.41) is 0. The molecule has 3 heterocycles. The van der Waals surface area contributed by atoms with Gasteiger partial charge in [0.1, 0.15) is 23.0 Å². The fourth-order valence-corrected chi connectivity index (χ4v) is 5.63. The number of pyridine rings is 1. The van der Waals surface area contributed by atoms with Crippen molar-refractivity contribution in [2.45, 2.75) is 12.8 Å². The van der Waals surface area contributed by atoms with E-state index in [4.69, 9.17) is 14.5 Å². The van der Waals surface area contributed by atoms with Crippen LogP contribution in [0.25, 0.3) is 22.4 Å². The number of nitrogens with zero attached hydrogens (tertiary/aromatic N) is 4. The molecule has 1 saturated heterocycles. The molecule has 6 nitrogen and oxygen atoms in total. The Morgan fingerprint density at radius 1 is 0.581 bits per heavy atom. The molecule has 5 aromatic rings. The molecule has 2 aliphatic rings. The fourth-order valence-electron chi connectivity index (χ4n) is 5.63. The summed E-state index contributed by atoms with van der Waals surface area (Å²) in [6, 6.07) is 36.8. The zero-order valence-corrected chi connectivity index (χ0v) is 24.3. The quantitative estimate of drug-likeness (QED) is 0.187. The van der Waals surface area contributed by atoms with Gasteiger partial charge < -0.3 is 24.2 Å². The molecule has 43 heavy (non-hydrogen) atoms. The predicted molar refractivity (Wildman–Crippen MR) is 174 cm³/mol. The maximum Gasteiger partial charge on any atom is 0.131 e. The fraction of sp³-hybridized carbons (Fsp3) is 0.162. The molecular formula is C37H34N4O2. The largest absolute Gasteiger partial charge is 0.457 e. The van der Waals surface area contributed by atoms with Crippen LogP contribution in [0.4, 0.5) is 11.4 Å². The molecule has 1 fully saturated rings. The Labute approximate surface area is 253 Å². The van der Waals surface area contributed by atoms with Crippen molar-refractivity contribution < 1.29 is 9.47 Å². The lowest BCUT2D eigenvalue weighted by atomic mass is 10.0. The maximum atomic E-state index is 6.52. The van der Waals surface area contributed by atoms with E-state index in [9.17, 15) is 0 Å². The van der Waals surface area contributed by atoms with Gasteiger partial charge in [0.25, 0.3) is 0 Å². The summed E-state index contributed by atoms with van der Waals surface area (Å²) in [5.41, 5.74) is 6.35. The molecule has 0 amide bonds. The van der Waals surface area contributed by atoms with E-state index in [1.54, 1.807) is 0 Å². The number of ether oxygens (including phenoxy) is 2. The number of aromatic nitrogens is 1. The molecule has 0 saturated carbocycles. The third-order valence-corrected chi connectivity index (χ3v) is 7.83. The summed E-state index contributed by atoms with van der Waals surface area (Å²) in [7, 11) is 2.09. The van der Waals surface area contributed by atoms with Crippen molar-refractivity contribution in [3.8, 4) is 45.4 Å². The average Bonchev–Trinajstić information content (AvgIpc) is 3.75. The number of para-hydroxylation sites is 1. The van der Waals surface area contributed by atoms with Crippen molar-refractivity contribution >= 4 is 11.4 Å². The Morgan fingerprint density at radius 3 is 2.02 bits per heavy atom. The predicted octanol–water partition coefficient (Wildman–Crippen LogP) is 8.78. The van der Waals surface area contributed by atoms with Crippen molar-refractivity contribution in [3.63, 3.8) is 0 Å². The molecule has 0 spiro atoms. The van der Waals surface area contributed by atoms with Gasteiger partial charge in [0.2, 0.25) is 0 Å². The molecule has 214 valence electrons. The molecule has 6 heteroatoms. The molecule has 0 N–H and O–H groups in total. The van der Waals surface area contributed by atoms with Gasteiger partial charge in [-0.1, -0.05) is 42.5 Å². The normalized spacial score (nSPS) is 14.4.